The molecule has 3 aliphatic heterocycles. The number of aliphatic carboxylic acids is 3. The van der Waals surface area contributed by atoms with E-state index in [9.17, 15) is 78.0 Å². The van der Waals surface area contributed by atoms with E-state index < -0.39 is 224 Å². The summed E-state index contributed by atoms with van der Waals surface area (Å²) in [6, 6.07) is -8.60. The molecule has 13 atom stereocenters. The summed E-state index contributed by atoms with van der Waals surface area (Å²) < 4.78 is 0. The Morgan fingerprint density at radius 2 is 1.17 bits per heavy atom. The van der Waals surface area contributed by atoms with Crippen LogP contribution < -0.4 is 76.9 Å². The molecule has 41 heteroatoms. The van der Waals surface area contributed by atoms with E-state index in [2.05, 4.69) is 52.5 Å². The number of nitrogens with one attached hydrogen (secondary N) is 9. The summed E-state index contributed by atoms with van der Waals surface area (Å²) in [7, 11) is 1.22. The van der Waals surface area contributed by atoms with Crippen LogP contribution in [0.25, 0.3) is 10.9 Å². The molecule has 0 spiro atoms. The summed E-state index contributed by atoms with van der Waals surface area (Å²) in [4.78, 5) is 256. The lowest BCUT2D eigenvalue weighted by atomic mass is 9.97. The molecule has 0 radical (unpaired) electrons. The number of primary amides is 1. The third-order valence-corrected chi connectivity index (χ3v) is 21.3. The molecule has 0 saturated carbocycles. The van der Waals surface area contributed by atoms with Gasteiger partial charge in [-0.25, -0.2) is 0 Å². The largest absolute Gasteiger partial charge is 0.508 e. The van der Waals surface area contributed by atoms with Gasteiger partial charge in [0.15, 0.2) is 5.96 Å². The van der Waals surface area contributed by atoms with Crippen LogP contribution >= 0.6 is 0 Å². The fourth-order valence-electron chi connectivity index (χ4n) is 15.0. The molecular formula is C80H120N20O21. The summed E-state index contributed by atoms with van der Waals surface area (Å²) in [5, 5.41) is 60.4. The van der Waals surface area contributed by atoms with Crippen molar-refractivity contribution in [2.24, 2.45) is 51.2 Å². The number of fused-ring (bicyclic) bond motifs is 2. The standard InChI is InChI=1S/C80H120N20O21/c1-43(2)37-54(92-67(109)49(83)26-29-64(103)104)70(112)93-55(39-45-22-24-47(101)25-23-45)71(113)89-51(27-30-65(105)106)68(110)94-57(41-63(84)102)73(115)91-53(17-8-10-32-81)75(117)99-36-14-21-61(99)77(119)97(5)60(19-12-34-87-80(85)86)79(121)100-62(18-9-11-33-82)78(120)98-35-13-20-59(98)74(116)95-56(40-46-42-88-50-16-7-6-15-48(46)50)72(114)90-52(28-31-66(107)108)69(111)96-58(76(100)118)38-44(3)4/h6-7,15-16,22-25,42-44,49,51-62,88,101H,8-14,17-21,26-41,81-83H2,1-5H3,(H2,84,102)(H,89,113)(H,90,114)(H,91,115)(H,92,109)(H,93,112)(H,94,110)(H,95,116)(H,96,111)(H,103,104)(H,105,106)(H,107,108)(H4,85,86,87)/t49-,51-,52-,53-,54-,55-,56-,57-,58-,59-,60-,61-,62-/m0/s1. The molecule has 3 aromatic rings. The maximum absolute atomic E-state index is 16.5. The smallest absolute Gasteiger partial charge is 0.303 e. The first-order chi connectivity index (χ1) is 57.3. The van der Waals surface area contributed by atoms with Gasteiger partial charge in [-0.2, -0.15) is 0 Å². The van der Waals surface area contributed by atoms with E-state index in [1.165, 1.54) is 36.2 Å². The number of likely N-dealkylation sites (N-methyl/N-ethyl adjacent to an activating group) is 1. The Morgan fingerprint density at radius 3 is 1.81 bits per heavy atom. The van der Waals surface area contributed by atoms with Gasteiger partial charge < -0.3 is 117 Å². The molecule has 1 aromatic heterocycles. The number of guanidine groups is 1. The molecule has 4 heterocycles. The maximum Gasteiger partial charge on any atom is 0.303 e. The van der Waals surface area contributed by atoms with Gasteiger partial charge in [0, 0.05) is 75.9 Å². The zero-order chi connectivity index (χ0) is 89.5. The summed E-state index contributed by atoms with van der Waals surface area (Å²) in [6.45, 7) is 6.57. The van der Waals surface area contributed by atoms with Gasteiger partial charge in [0.2, 0.25) is 70.9 Å². The van der Waals surface area contributed by atoms with Crippen LogP contribution in [0.4, 0.5) is 0 Å². The van der Waals surface area contributed by atoms with E-state index in [1.54, 1.807) is 58.2 Å². The molecule has 666 valence electrons. The van der Waals surface area contributed by atoms with Crippen molar-refractivity contribution in [2.45, 2.75) is 254 Å². The number of hydrogen-bond acceptors (Lipinski definition) is 22. The molecule has 14 amide bonds. The number of imide groups is 1. The average Bonchev–Trinajstić information content (AvgIpc) is 1.77. The van der Waals surface area contributed by atoms with Crippen molar-refractivity contribution < 1.29 is 102 Å². The number of phenolic OH excluding ortho intramolecular Hbond substituents is 1. The van der Waals surface area contributed by atoms with Crippen LogP contribution in [0.15, 0.2) is 59.7 Å². The summed E-state index contributed by atoms with van der Waals surface area (Å²) in [5.41, 5.74) is 36.7. The third kappa shape index (κ3) is 29.8. The minimum atomic E-state index is -1.99. The minimum absolute atomic E-state index is 0.0323. The van der Waals surface area contributed by atoms with Crippen LogP contribution in [0.1, 0.15) is 174 Å². The number of nitrogens with two attached hydrogens (primary N) is 6. The van der Waals surface area contributed by atoms with E-state index in [4.69, 9.17) is 34.4 Å². The lowest BCUT2D eigenvalue weighted by Crippen LogP contribution is -2.64. The Bertz CT molecular complexity index is 4190. The van der Waals surface area contributed by atoms with Crippen LogP contribution in [0.5, 0.6) is 5.75 Å². The van der Waals surface area contributed by atoms with Crippen molar-refractivity contribution in [1.82, 2.24) is 67.1 Å². The van der Waals surface area contributed by atoms with Gasteiger partial charge in [0.1, 0.15) is 78.3 Å². The van der Waals surface area contributed by atoms with E-state index in [0.717, 1.165) is 9.80 Å². The molecule has 0 unspecified atom stereocenters. The van der Waals surface area contributed by atoms with Gasteiger partial charge in [-0.1, -0.05) is 58.0 Å². The number of unbranched alkanes of at least 4 members (excludes halogenated alkanes) is 2. The molecule has 3 aliphatic rings. The number of aromatic amines is 1. The molecule has 3 fully saturated rings. The second-order valence-corrected chi connectivity index (χ2v) is 31.7. The highest BCUT2D eigenvalue weighted by Crippen LogP contribution is 2.30. The fraction of sp³-hybridized carbons (Fsp3) is 0.600. The molecule has 25 N–H and O–H groups in total. The van der Waals surface area contributed by atoms with Gasteiger partial charge >= 0.3 is 17.9 Å². The highest BCUT2D eigenvalue weighted by Gasteiger charge is 2.50. The SMILES string of the molecule is CC(C)C[C@H](NC(=O)[C@@H](N)CCC(=O)O)C(=O)N[C@@H](Cc1ccc(O)cc1)C(=O)N[C@@H](CCC(=O)O)C(=O)N[C@@H](CC(N)=O)C(=O)N[C@@H](CCCCN)C(=O)N1CCC[C@H]1C(=O)N(C)[C@@H](CCCN=C(N)N)C(=O)N1C(=O)[C@H](CC(C)C)NC(=O)[C@H](CCC(=O)O)NC(=O)[C@H](Cc2c[nH]c3ccccc23)NC(=O)[C@@H]2CCCN2C(=O)[C@@H]1CCCCN. The number of nitrogens with zero attached hydrogens (tertiary/aromatic N) is 5. The fourth-order valence-corrected chi connectivity index (χ4v) is 15.0. The topological polar surface area (TPSA) is 665 Å². The second-order valence-electron chi connectivity index (χ2n) is 31.7. The molecule has 6 rings (SSSR count). The van der Waals surface area contributed by atoms with E-state index in [0.29, 0.717) is 26.9 Å². The number of likely N-dealkylation sites (tertiary alicyclic amines) is 1. The predicted octanol–water partition coefficient (Wildman–Crippen LogP) is -2.72. The van der Waals surface area contributed by atoms with Crippen LogP contribution in [0, 0.1) is 11.8 Å². The van der Waals surface area contributed by atoms with Crippen LogP contribution in [0.3, 0.4) is 0 Å². The summed E-state index contributed by atoms with van der Waals surface area (Å²) >= 11 is 0. The highest BCUT2D eigenvalue weighted by atomic mass is 16.4. The van der Waals surface area contributed by atoms with E-state index >= 15 is 24.0 Å². The molecule has 2 aromatic carbocycles. The predicted molar refractivity (Wildman–Crippen MR) is 438 cm³/mol. The first-order valence-electron chi connectivity index (χ1n) is 41.0. The van der Waals surface area contributed by atoms with Gasteiger partial charge in [0.25, 0.3) is 11.8 Å². The number of aromatic nitrogens is 1. The van der Waals surface area contributed by atoms with E-state index in [1.807, 2.05) is 0 Å². The number of carboxylic acid groups (broad SMARTS) is 3. The number of aromatic hydroxyl groups is 1. The maximum atomic E-state index is 16.5. The molecule has 41 nitrogen and oxygen atoms in total. The number of para-hydroxylation sites is 1. The Balaban J connectivity index is 1.37. The zero-order valence-electron chi connectivity index (χ0n) is 69.1. The van der Waals surface area contributed by atoms with Gasteiger partial charge in [-0.3, -0.25) is 91.4 Å². The first kappa shape index (κ1) is 97.9. The van der Waals surface area contributed by atoms with Crippen LogP contribution in [-0.2, 0) is 94.3 Å². The number of benzene rings is 2. The Morgan fingerprint density at radius 1 is 0.587 bits per heavy atom. The lowest BCUT2D eigenvalue weighted by Gasteiger charge is -2.40. The monoisotopic (exact) mass is 1700 g/mol. The van der Waals surface area contributed by atoms with Crippen molar-refractivity contribution in [1.29, 1.82) is 0 Å². The number of phenols is 1. The minimum Gasteiger partial charge on any atom is -0.508 e. The van der Waals surface area contributed by atoms with Crippen molar-refractivity contribution in [3.63, 3.8) is 0 Å². The van der Waals surface area contributed by atoms with Crippen molar-refractivity contribution in [3.05, 3.63) is 65.9 Å². The molecular weight excluding hydrogens is 1580 g/mol. The molecule has 0 aliphatic carbocycles. The molecule has 121 heavy (non-hydrogen) atoms. The molecule has 3 saturated heterocycles. The number of carbonyl (C=O) groups is 17. The van der Waals surface area contributed by atoms with Crippen molar-refractivity contribution in [3.8, 4) is 5.75 Å². The number of H-pyrrole nitrogens is 1. The van der Waals surface area contributed by atoms with Gasteiger partial charge in [-0.05, 0) is 163 Å². The lowest BCUT2D eigenvalue weighted by molar-refractivity contribution is -0.162. The molecule has 0 bridgehead atoms. The zero-order valence-corrected chi connectivity index (χ0v) is 69.1. The quantitative estimate of drug-likeness (QED) is 0.0155. The number of carboxylic acids is 3. The first-order valence-corrected chi connectivity index (χ1v) is 41.0. The van der Waals surface area contributed by atoms with Gasteiger partial charge in [0.05, 0.1) is 12.5 Å². The Hall–Kier alpha value is -11.9. The van der Waals surface area contributed by atoms with Crippen molar-refractivity contribution >= 4 is 117 Å². The van der Waals surface area contributed by atoms with Crippen LogP contribution in [-0.4, -0.2) is 270 Å². The normalized spacial score (nSPS) is 19.6. The van der Waals surface area contributed by atoms with Crippen LogP contribution in [0.2, 0.25) is 0 Å². The summed E-state index contributed by atoms with van der Waals surface area (Å²) in [5.74, 6) is -19.8. The van der Waals surface area contributed by atoms with Gasteiger partial charge in [-0.15, -0.1) is 0 Å². The number of amides is 14. The second kappa shape index (κ2) is 47.8. The third-order valence-electron chi connectivity index (χ3n) is 21.3. The highest BCUT2D eigenvalue weighted by molar-refractivity contribution is 6.08. The Kier molecular flexibility index (Phi) is 38.7. The number of rotatable bonds is 45. The number of carbonyl (C=O) groups excluding carboxylic acids is 14. The van der Waals surface area contributed by atoms with Crippen molar-refractivity contribution in [2.75, 3.05) is 39.8 Å². The number of aliphatic imine (C=N–C) groups is 1. The average molecular weight is 1700 g/mol. The summed E-state index contributed by atoms with van der Waals surface area (Å²) in [6.07, 6.45) is -3.51. The van der Waals surface area contributed by atoms with E-state index in [-0.39, 0.29) is 160 Å². The number of hydrogen-bond donors (Lipinski definition) is 19. The Labute approximate surface area is 700 Å².